The fourth-order valence-corrected chi connectivity index (χ4v) is 1.14. The summed E-state index contributed by atoms with van der Waals surface area (Å²) in [6.45, 7) is 5.21. The summed E-state index contributed by atoms with van der Waals surface area (Å²) in [5, 5.41) is 19.7. The molecule has 0 aliphatic rings. The van der Waals surface area contributed by atoms with Crippen molar-refractivity contribution in [1.29, 1.82) is 0 Å². The number of nitrogens with one attached hydrogen (secondary N) is 1. The standard InChI is InChI=1S/C9H17N3O2/c1-7(13)4-3-5-10-6-9-8(2)11-14-12-9/h7,10,13H,3-6H2,1-2H3. The summed E-state index contributed by atoms with van der Waals surface area (Å²) in [7, 11) is 0. The second-order valence-electron chi connectivity index (χ2n) is 3.46. The van der Waals surface area contributed by atoms with E-state index in [4.69, 9.17) is 5.11 Å². The van der Waals surface area contributed by atoms with E-state index in [1.54, 1.807) is 6.92 Å². The van der Waals surface area contributed by atoms with E-state index in [0.717, 1.165) is 30.8 Å². The van der Waals surface area contributed by atoms with E-state index < -0.39 is 0 Å². The minimum absolute atomic E-state index is 0.216. The highest BCUT2D eigenvalue weighted by Crippen LogP contribution is 1.99. The molecule has 0 fully saturated rings. The summed E-state index contributed by atoms with van der Waals surface area (Å²) in [5.41, 5.74) is 1.68. The lowest BCUT2D eigenvalue weighted by Crippen LogP contribution is -2.17. The van der Waals surface area contributed by atoms with E-state index in [9.17, 15) is 0 Å². The molecule has 0 aliphatic heterocycles. The maximum atomic E-state index is 9.01. The Labute approximate surface area is 83.5 Å². The molecule has 1 aromatic heterocycles. The molecular formula is C9H17N3O2. The SMILES string of the molecule is Cc1nonc1CNCCCC(C)O. The van der Waals surface area contributed by atoms with Gasteiger partial charge in [0.2, 0.25) is 0 Å². The molecule has 0 spiro atoms. The molecule has 1 unspecified atom stereocenters. The number of hydrogen-bond donors (Lipinski definition) is 2. The number of hydrogen-bond acceptors (Lipinski definition) is 5. The van der Waals surface area contributed by atoms with Gasteiger partial charge in [-0.25, -0.2) is 4.63 Å². The molecule has 1 aromatic rings. The van der Waals surface area contributed by atoms with Gasteiger partial charge < -0.3 is 10.4 Å². The van der Waals surface area contributed by atoms with Gasteiger partial charge in [-0.05, 0) is 33.2 Å². The number of aliphatic hydroxyl groups excluding tert-OH is 1. The van der Waals surface area contributed by atoms with Gasteiger partial charge in [0.05, 0.1) is 6.10 Å². The molecule has 1 heterocycles. The maximum Gasteiger partial charge on any atom is 0.121 e. The van der Waals surface area contributed by atoms with Crippen LogP contribution in [0, 0.1) is 6.92 Å². The van der Waals surface area contributed by atoms with Gasteiger partial charge in [-0.3, -0.25) is 0 Å². The molecule has 14 heavy (non-hydrogen) atoms. The monoisotopic (exact) mass is 199 g/mol. The van der Waals surface area contributed by atoms with Crippen molar-refractivity contribution in [3.63, 3.8) is 0 Å². The Hall–Kier alpha value is -0.940. The van der Waals surface area contributed by atoms with Crippen LogP contribution in [0.3, 0.4) is 0 Å². The van der Waals surface area contributed by atoms with Crippen LogP contribution in [0.15, 0.2) is 4.63 Å². The number of rotatable bonds is 6. The summed E-state index contributed by atoms with van der Waals surface area (Å²) in [4.78, 5) is 0. The number of aliphatic hydroxyl groups is 1. The molecule has 5 heteroatoms. The fourth-order valence-electron chi connectivity index (χ4n) is 1.14. The van der Waals surface area contributed by atoms with Crippen molar-refractivity contribution in [2.45, 2.75) is 39.3 Å². The largest absolute Gasteiger partial charge is 0.393 e. The first-order valence-electron chi connectivity index (χ1n) is 4.87. The lowest BCUT2D eigenvalue weighted by Gasteiger charge is -2.04. The third-order valence-electron chi connectivity index (χ3n) is 2.01. The summed E-state index contributed by atoms with van der Waals surface area (Å²) in [5.74, 6) is 0. The Morgan fingerprint density at radius 2 is 2.29 bits per heavy atom. The molecule has 0 aromatic carbocycles. The highest BCUT2D eigenvalue weighted by atomic mass is 16.6. The number of aromatic nitrogens is 2. The van der Waals surface area contributed by atoms with Crippen LogP contribution >= 0.6 is 0 Å². The molecule has 0 radical (unpaired) electrons. The summed E-state index contributed by atoms with van der Waals surface area (Å²) < 4.78 is 4.56. The predicted molar refractivity (Wildman–Crippen MR) is 51.7 cm³/mol. The van der Waals surface area contributed by atoms with Gasteiger partial charge in [-0.15, -0.1) is 0 Å². The van der Waals surface area contributed by atoms with Gasteiger partial charge in [0.25, 0.3) is 0 Å². The summed E-state index contributed by atoms with van der Waals surface area (Å²) in [6, 6.07) is 0. The van der Waals surface area contributed by atoms with Crippen molar-refractivity contribution in [2.75, 3.05) is 6.54 Å². The van der Waals surface area contributed by atoms with Gasteiger partial charge in [0.15, 0.2) is 0 Å². The van der Waals surface area contributed by atoms with Crippen molar-refractivity contribution >= 4 is 0 Å². The quantitative estimate of drug-likeness (QED) is 0.657. The Bertz CT molecular complexity index is 260. The summed E-state index contributed by atoms with van der Waals surface area (Å²) in [6.07, 6.45) is 1.57. The molecule has 5 nitrogen and oxygen atoms in total. The van der Waals surface area contributed by atoms with Crippen LogP contribution < -0.4 is 5.32 Å². The minimum Gasteiger partial charge on any atom is -0.393 e. The topological polar surface area (TPSA) is 71.2 Å². The Balaban J connectivity index is 2.08. The van der Waals surface area contributed by atoms with Crippen LogP contribution in [0.5, 0.6) is 0 Å². The van der Waals surface area contributed by atoms with Gasteiger partial charge in [0.1, 0.15) is 11.4 Å². The van der Waals surface area contributed by atoms with Crippen LogP contribution in [-0.2, 0) is 6.54 Å². The average molecular weight is 199 g/mol. The third kappa shape index (κ3) is 3.85. The smallest absolute Gasteiger partial charge is 0.121 e. The van der Waals surface area contributed by atoms with Crippen molar-refractivity contribution in [1.82, 2.24) is 15.6 Å². The van der Waals surface area contributed by atoms with Crippen LogP contribution in [0.4, 0.5) is 0 Å². The van der Waals surface area contributed by atoms with E-state index in [-0.39, 0.29) is 6.10 Å². The Morgan fingerprint density at radius 1 is 1.50 bits per heavy atom. The first kappa shape index (κ1) is 11.1. The summed E-state index contributed by atoms with van der Waals surface area (Å²) >= 11 is 0. The number of nitrogens with zero attached hydrogens (tertiary/aromatic N) is 2. The molecule has 2 N–H and O–H groups in total. The third-order valence-corrected chi connectivity index (χ3v) is 2.01. The molecule has 0 amide bonds. The van der Waals surface area contributed by atoms with E-state index in [1.165, 1.54) is 0 Å². The zero-order valence-corrected chi connectivity index (χ0v) is 8.66. The van der Waals surface area contributed by atoms with Gasteiger partial charge in [-0.2, -0.15) is 0 Å². The first-order chi connectivity index (χ1) is 6.70. The van der Waals surface area contributed by atoms with Crippen LogP contribution in [0.25, 0.3) is 0 Å². The lowest BCUT2D eigenvalue weighted by atomic mass is 10.2. The molecule has 0 bridgehead atoms. The molecular weight excluding hydrogens is 182 g/mol. The van der Waals surface area contributed by atoms with Gasteiger partial charge >= 0.3 is 0 Å². The second-order valence-corrected chi connectivity index (χ2v) is 3.46. The maximum absolute atomic E-state index is 9.01. The normalized spacial score (nSPS) is 13.1. The molecule has 0 saturated heterocycles. The van der Waals surface area contributed by atoms with Crippen molar-refractivity contribution in [3.05, 3.63) is 11.4 Å². The van der Waals surface area contributed by atoms with Crippen molar-refractivity contribution < 1.29 is 9.74 Å². The Morgan fingerprint density at radius 3 is 2.86 bits per heavy atom. The van der Waals surface area contributed by atoms with Gasteiger partial charge in [0, 0.05) is 6.54 Å². The predicted octanol–water partition coefficient (Wildman–Crippen LogP) is 0.629. The van der Waals surface area contributed by atoms with E-state index in [2.05, 4.69) is 20.3 Å². The zero-order chi connectivity index (χ0) is 10.4. The average Bonchev–Trinajstić information content (AvgIpc) is 2.51. The first-order valence-corrected chi connectivity index (χ1v) is 4.87. The highest BCUT2D eigenvalue weighted by Gasteiger charge is 2.03. The van der Waals surface area contributed by atoms with Gasteiger partial charge in [-0.1, -0.05) is 10.3 Å². The van der Waals surface area contributed by atoms with Crippen LogP contribution in [0.2, 0.25) is 0 Å². The lowest BCUT2D eigenvalue weighted by molar-refractivity contribution is 0.181. The molecule has 0 aliphatic carbocycles. The van der Waals surface area contributed by atoms with Crippen LogP contribution in [0.1, 0.15) is 31.2 Å². The van der Waals surface area contributed by atoms with E-state index in [0.29, 0.717) is 6.54 Å². The van der Waals surface area contributed by atoms with Crippen LogP contribution in [-0.4, -0.2) is 28.1 Å². The molecule has 1 rings (SSSR count). The fraction of sp³-hybridized carbons (Fsp3) is 0.778. The minimum atomic E-state index is -0.216. The molecule has 80 valence electrons. The zero-order valence-electron chi connectivity index (χ0n) is 8.66. The highest BCUT2D eigenvalue weighted by molar-refractivity contribution is 5.03. The van der Waals surface area contributed by atoms with Crippen molar-refractivity contribution in [3.8, 4) is 0 Å². The second kappa shape index (κ2) is 5.72. The molecule has 0 saturated carbocycles. The number of aryl methyl sites for hydroxylation is 1. The van der Waals surface area contributed by atoms with E-state index in [1.807, 2.05) is 6.92 Å². The van der Waals surface area contributed by atoms with Crippen molar-refractivity contribution in [2.24, 2.45) is 0 Å². The Kier molecular flexibility index (Phi) is 4.55. The van der Waals surface area contributed by atoms with E-state index >= 15 is 0 Å². The molecule has 1 atom stereocenters.